The number of piperidine rings is 1. The van der Waals surface area contributed by atoms with Crippen LogP contribution in [-0.4, -0.2) is 92.3 Å². The summed E-state index contributed by atoms with van der Waals surface area (Å²) in [5.41, 5.74) is 0. The average Bonchev–Trinajstić information content (AvgIpc) is 2.81. The van der Waals surface area contributed by atoms with Gasteiger partial charge in [-0.25, -0.2) is 8.42 Å². The van der Waals surface area contributed by atoms with Crippen molar-refractivity contribution in [2.75, 3.05) is 51.3 Å². The van der Waals surface area contributed by atoms with Gasteiger partial charge >= 0.3 is 0 Å². The smallest absolute Gasteiger partial charge is 0.222 e. The van der Waals surface area contributed by atoms with Crippen molar-refractivity contribution < 1.29 is 18.0 Å². The van der Waals surface area contributed by atoms with E-state index in [1.165, 1.54) is 6.26 Å². The van der Waals surface area contributed by atoms with Gasteiger partial charge < -0.3 is 9.80 Å². The molecule has 0 aromatic heterocycles. The van der Waals surface area contributed by atoms with E-state index in [9.17, 15) is 18.0 Å². The van der Waals surface area contributed by atoms with E-state index >= 15 is 0 Å². The van der Waals surface area contributed by atoms with Gasteiger partial charge in [0.2, 0.25) is 11.8 Å². The highest BCUT2D eigenvalue weighted by atomic mass is 32.2. The molecule has 7 nitrogen and oxygen atoms in total. The van der Waals surface area contributed by atoms with Gasteiger partial charge in [0.1, 0.15) is 9.84 Å². The lowest BCUT2D eigenvalue weighted by molar-refractivity contribution is -0.135. The number of sulfone groups is 1. The van der Waals surface area contributed by atoms with Crippen LogP contribution in [0.25, 0.3) is 0 Å². The maximum Gasteiger partial charge on any atom is 0.222 e. The van der Waals surface area contributed by atoms with Crippen LogP contribution >= 0.6 is 0 Å². The first kappa shape index (κ1) is 21.2. The van der Waals surface area contributed by atoms with Gasteiger partial charge in [-0.15, -0.1) is 0 Å². The molecule has 0 bridgehead atoms. The van der Waals surface area contributed by atoms with E-state index in [0.29, 0.717) is 32.5 Å². The Labute approximate surface area is 157 Å². The molecule has 2 saturated heterocycles. The lowest BCUT2D eigenvalue weighted by atomic mass is 10.1. The van der Waals surface area contributed by atoms with E-state index in [2.05, 4.69) is 4.90 Å². The maximum absolute atomic E-state index is 12.5. The summed E-state index contributed by atoms with van der Waals surface area (Å²) >= 11 is 0. The summed E-state index contributed by atoms with van der Waals surface area (Å²) in [5.74, 6) is 0.520. The van der Waals surface area contributed by atoms with E-state index in [4.69, 9.17) is 0 Å². The van der Waals surface area contributed by atoms with Crippen molar-refractivity contribution in [2.45, 2.75) is 51.5 Å². The van der Waals surface area contributed by atoms with Gasteiger partial charge in [0.25, 0.3) is 0 Å². The minimum Gasteiger partial charge on any atom is -0.343 e. The number of likely N-dealkylation sites (tertiary alicyclic amines) is 1. The Balaban J connectivity index is 1.73. The second kappa shape index (κ2) is 9.69. The van der Waals surface area contributed by atoms with Crippen LogP contribution in [0.15, 0.2) is 0 Å². The van der Waals surface area contributed by atoms with Crippen LogP contribution in [0.2, 0.25) is 0 Å². The first-order chi connectivity index (χ1) is 12.3. The molecule has 2 aliphatic rings. The van der Waals surface area contributed by atoms with Crippen LogP contribution in [-0.2, 0) is 19.4 Å². The third-order valence-electron chi connectivity index (χ3n) is 5.29. The monoisotopic (exact) mass is 387 g/mol. The molecule has 2 fully saturated rings. The zero-order valence-corrected chi connectivity index (χ0v) is 17.0. The van der Waals surface area contributed by atoms with Crippen LogP contribution in [0.5, 0.6) is 0 Å². The number of nitrogens with zero attached hydrogens (tertiary/aromatic N) is 3. The maximum atomic E-state index is 12.5. The topological polar surface area (TPSA) is 78.0 Å². The molecule has 2 rings (SSSR count). The summed E-state index contributed by atoms with van der Waals surface area (Å²) in [6.45, 7) is 6.35. The second-order valence-corrected chi connectivity index (χ2v) is 9.84. The lowest BCUT2D eigenvalue weighted by Gasteiger charge is -2.28. The Morgan fingerprint density at radius 3 is 2.54 bits per heavy atom. The molecule has 0 aliphatic carbocycles. The molecule has 0 N–H and O–H groups in total. The van der Waals surface area contributed by atoms with Crippen LogP contribution in [0, 0.1) is 0 Å². The Bertz CT molecular complexity index is 593. The standard InChI is InChI=1S/C18H33N3O4S/c1-16(15-26(2,24)25)19-11-6-12-21(14-13-19)18(23)8-5-10-20-9-4-3-7-17(20)22/h16H,3-15H2,1-2H3. The van der Waals surface area contributed by atoms with Gasteiger partial charge in [-0.3, -0.25) is 14.5 Å². The third-order valence-corrected chi connectivity index (χ3v) is 6.38. The summed E-state index contributed by atoms with van der Waals surface area (Å²) < 4.78 is 23.0. The summed E-state index contributed by atoms with van der Waals surface area (Å²) in [6.07, 6.45) is 6.01. The highest BCUT2D eigenvalue weighted by molar-refractivity contribution is 7.90. The molecular formula is C18H33N3O4S. The quantitative estimate of drug-likeness (QED) is 0.644. The van der Waals surface area contributed by atoms with Gasteiger partial charge in [0.15, 0.2) is 0 Å². The fourth-order valence-electron chi connectivity index (χ4n) is 3.85. The molecule has 1 atom stereocenters. The van der Waals surface area contributed by atoms with Crippen molar-refractivity contribution in [2.24, 2.45) is 0 Å². The van der Waals surface area contributed by atoms with Gasteiger partial charge in [-0.1, -0.05) is 0 Å². The molecule has 2 aliphatic heterocycles. The molecule has 26 heavy (non-hydrogen) atoms. The fraction of sp³-hybridized carbons (Fsp3) is 0.889. The minimum atomic E-state index is -3.00. The van der Waals surface area contributed by atoms with E-state index in [0.717, 1.165) is 45.3 Å². The SMILES string of the molecule is CC(CS(C)(=O)=O)N1CCCN(C(=O)CCCN2CCCCC2=O)CC1. The normalized spacial score (nSPS) is 21.5. The Morgan fingerprint density at radius 1 is 1.08 bits per heavy atom. The largest absolute Gasteiger partial charge is 0.343 e. The molecule has 0 aromatic rings. The van der Waals surface area contributed by atoms with Crippen LogP contribution in [0.1, 0.15) is 45.4 Å². The first-order valence-electron chi connectivity index (χ1n) is 9.73. The Kier molecular flexibility index (Phi) is 7.88. The number of hydrogen-bond acceptors (Lipinski definition) is 5. The van der Waals surface area contributed by atoms with Crippen molar-refractivity contribution in [1.82, 2.24) is 14.7 Å². The summed E-state index contributed by atoms with van der Waals surface area (Å²) in [7, 11) is -3.00. The number of carbonyl (C=O) groups is 2. The van der Waals surface area contributed by atoms with Gasteiger partial charge in [0, 0.05) is 64.4 Å². The van der Waals surface area contributed by atoms with E-state index in [-0.39, 0.29) is 23.6 Å². The lowest BCUT2D eigenvalue weighted by Crippen LogP contribution is -2.41. The average molecular weight is 388 g/mol. The highest BCUT2D eigenvalue weighted by Gasteiger charge is 2.24. The molecule has 0 saturated carbocycles. The van der Waals surface area contributed by atoms with E-state index in [1.54, 1.807) is 0 Å². The van der Waals surface area contributed by atoms with Crippen molar-refractivity contribution in [3.05, 3.63) is 0 Å². The Morgan fingerprint density at radius 2 is 1.85 bits per heavy atom. The predicted molar refractivity (Wildman–Crippen MR) is 102 cm³/mol. The first-order valence-corrected chi connectivity index (χ1v) is 11.8. The molecule has 8 heteroatoms. The zero-order chi connectivity index (χ0) is 19.2. The molecule has 2 heterocycles. The zero-order valence-electron chi connectivity index (χ0n) is 16.2. The number of carbonyl (C=O) groups excluding carboxylic acids is 2. The number of rotatable bonds is 7. The van der Waals surface area contributed by atoms with Gasteiger partial charge in [-0.05, 0) is 32.6 Å². The molecule has 0 aromatic carbocycles. The third kappa shape index (κ3) is 6.87. The predicted octanol–water partition coefficient (Wildman–Crippen LogP) is 0.747. The summed E-state index contributed by atoms with van der Waals surface area (Å²) in [4.78, 5) is 30.2. The van der Waals surface area contributed by atoms with Crippen LogP contribution < -0.4 is 0 Å². The van der Waals surface area contributed by atoms with Gasteiger partial charge in [0.05, 0.1) is 5.75 Å². The molecule has 2 amide bonds. The van der Waals surface area contributed by atoms with E-state index < -0.39 is 9.84 Å². The van der Waals surface area contributed by atoms with Crippen molar-refractivity contribution >= 4 is 21.7 Å². The molecular weight excluding hydrogens is 354 g/mol. The van der Waals surface area contributed by atoms with Crippen molar-refractivity contribution in [3.8, 4) is 0 Å². The molecule has 0 spiro atoms. The van der Waals surface area contributed by atoms with Crippen molar-refractivity contribution in [1.29, 1.82) is 0 Å². The highest BCUT2D eigenvalue weighted by Crippen LogP contribution is 2.13. The number of amides is 2. The van der Waals surface area contributed by atoms with Crippen LogP contribution in [0.4, 0.5) is 0 Å². The molecule has 0 radical (unpaired) electrons. The van der Waals surface area contributed by atoms with Crippen molar-refractivity contribution in [3.63, 3.8) is 0 Å². The molecule has 1 unspecified atom stereocenters. The molecule has 150 valence electrons. The second-order valence-electron chi connectivity index (χ2n) is 7.65. The summed E-state index contributed by atoms with van der Waals surface area (Å²) in [5, 5.41) is 0. The summed E-state index contributed by atoms with van der Waals surface area (Å²) in [6, 6.07) is -0.0230. The van der Waals surface area contributed by atoms with Gasteiger partial charge in [-0.2, -0.15) is 0 Å². The minimum absolute atomic E-state index is 0.0230. The van der Waals surface area contributed by atoms with E-state index in [1.807, 2.05) is 16.7 Å². The number of hydrogen-bond donors (Lipinski definition) is 0. The van der Waals surface area contributed by atoms with Crippen LogP contribution in [0.3, 0.4) is 0 Å². The Hall–Kier alpha value is -1.15. The fourth-order valence-corrected chi connectivity index (χ4v) is 4.94.